The van der Waals surface area contributed by atoms with Crippen molar-refractivity contribution in [3.8, 4) is 0 Å². The third-order valence-corrected chi connectivity index (χ3v) is 4.44. The van der Waals surface area contributed by atoms with E-state index in [4.69, 9.17) is 4.18 Å². The predicted molar refractivity (Wildman–Crippen MR) is 74.0 cm³/mol. The SMILES string of the molecule is Cc1ccc(S(=O)(=O)OCC2=CC(Br)=CC2)cc1. The van der Waals surface area contributed by atoms with Gasteiger partial charge in [-0.3, -0.25) is 4.18 Å². The standard InChI is InChI=1S/C13H13BrO3S/c1-10-2-6-13(7-3-10)18(15,16)17-9-11-4-5-12(14)8-11/h2-3,5-8H,4,9H2,1H3. The van der Waals surface area contributed by atoms with Crippen molar-refractivity contribution >= 4 is 26.0 Å². The Morgan fingerprint density at radius 1 is 1.28 bits per heavy atom. The van der Waals surface area contributed by atoms with Crippen molar-refractivity contribution in [3.05, 3.63) is 52.0 Å². The second-order valence-electron chi connectivity index (χ2n) is 4.13. The summed E-state index contributed by atoms with van der Waals surface area (Å²) in [5.74, 6) is 0. The third-order valence-electron chi connectivity index (χ3n) is 2.61. The van der Waals surface area contributed by atoms with Gasteiger partial charge in [-0.15, -0.1) is 0 Å². The van der Waals surface area contributed by atoms with E-state index in [2.05, 4.69) is 15.9 Å². The zero-order valence-corrected chi connectivity index (χ0v) is 12.3. The van der Waals surface area contributed by atoms with Gasteiger partial charge in [0.05, 0.1) is 11.5 Å². The van der Waals surface area contributed by atoms with E-state index in [1.807, 2.05) is 19.1 Å². The maximum absolute atomic E-state index is 11.9. The highest BCUT2D eigenvalue weighted by Crippen LogP contribution is 2.23. The van der Waals surface area contributed by atoms with Crippen LogP contribution >= 0.6 is 15.9 Å². The maximum atomic E-state index is 11.9. The molecule has 1 aromatic carbocycles. The molecule has 0 N–H and O–H groups in total. The van der Waals surface area contributed by atoms with Gasteiger partial charge in [-0.1, -0.05) is 39.7 Å². The molecule has 0 amide bonds. The largest absolute Gasteiger partial charge is 0.297 e. The fraction of sp³-hybridized carbons (Fsp3) is 0.231. The number of halogens is 1. The average Bonchev–Trinajstić information content (AvgIpc) is 2.73. The van der Waals surface area contributed by atoms with Crippen molar-refractivity contribution in [2.45, 2.75) is 18.2 Å². The summed E-state index contributed by atoms with van der Waals surface area (Å²) >= 11 is 3.33. The van der Waals surface area contributed by atoms with Gasteiger partial charge < -0.3 is 0 Å². The smallest absolute Gasteiger partial charge is 0.262 e. The fourth-order valence-electron chi connectivity index (χ4n) is 1.57. The molecule has 0 aromatic heterocycles. The minimum atomic E-state index is -3.66. The fourth-order valence-corrected chi connectivity index (χ4v) is 2.97. The van der Waals surface area contributed by atoms with Crippen molar-refractivity contribution in [3.63, 3.8) is 0 Å². The molecule has 1 aliphatic rings. The van der Waals surface area contributed by atoms with Crippen LogP contribution in [0.5, 0.6) is 0 Å². The number of rotatable bonds is 4. The van der Waals surface area contributed by atoms with Crippen molar-refractivity contribution in [2.24, 2.45) is 0 Å². The van der Waals surface area contributed by atoms with Crippen LogP contribution in [0.4, 0.5) is 0 Å². The molecule has 0 saturated heterocycles. The van der Waals surface area contributed by atoms with Crippen LogP contribution in [0, 0.1) is 6.92 Å². The minimum Gasteiger partial charge on any atom is -0.262 e. The summed E-state index contributed by atoms with van der Waals surface area (Å²) in [7, 11) is -3.66. The van der Waals surface area contributed by atoms with Gasteiger partial charge in [0, 0.05) is 4.48 Å². The third kappa shape index (κ3) is 3.31. The van der Waals surface area contributed by atoms with Gasteiger partial charge in [-0.05, 0) is 37.1 Å². The first-order chi connectivity index (χ1) is 8.47. The zero-order chi connectivity index (χ0) is 13.2. The van der Waals surface area contributed by atoms with E-state index in [0.29, 0.717) is 0 Å². The second kappa shape index (κ2) is 5.38. The quantitative estimate of drug-likeness (QED) is 0.796. The van der Waals surface area contributed by atoms with E-state index >= 15 is 0 Å². The molecule has 1 aromatic rings. The van der Waals surface area contributed by atoms with Crippen LogP contribution in [0.25, 0.3) is 0 Å². The van der Waals surface area contributed by atoms with E-state index < -0.39 is 10.1 Å². The van der Waals surface area contributed by atoms with Crippen molar-refractivity contribution in [1.29, 1.82) is 0 Å². The molecular formula is C13H13BrO3S. The summed E-state index contributed by atoms with van der Waals surface area (Å²) in [5, 5.41) is 0. The maximum Gasteiger partial charge on any atom is 0.297 e. The van der Waals surface area contributed by atoms with Gasteiger partial charge in [0.15, 0.2) is 0 Å². The molecule has 3 nitrogen and oxygen atoms in total. The lowest BCUT2D eigenvalue weighted by molar-refractivity contribution is 0.346. The lowest BCUT2D eigenvalue weighted by atomic mass is 10.2. The summed E-state index contributed by atoms with van der Waals surface area (Å²) in [6.45, 7) is 2.01. The van der Waals surface area contributed by atoms with E-state index in [0.717, 1.165) is 22.0 Å². The Kier molecular flexibility index (Phi) is 4.04. The lowest BCUT2D eigenvalue weighted by Crippen LogP contribution is -2.08. The predicted octanol–water partition coefficient (Wildman–Crippen LogP) is 3.31. The summed E-state index contributed by atoms with van der Waals surface area (Å²) in [6, 6.07) is 6.62. The molecule has 0 spiro atoms. The summed E-state index contributed by atoms with van der Waals surface area (Å²) in [4.78, 5) is 0.193. The molecule has 0 atom stereocenters. The highest BCUT2D eigenvalue weighted by atomic mass is 79.9. The van der Waals surface area contributed by atoms with E-state index in [-0.39, 0.29) is 11.5 Å². The number of allylic oxidation sites excluding steroid dienone is 3. The molecule has 0 aliphatic heterocycles. The first kappa shape index (κ1) is 13.5. The van der Waals surface area contributed by atoms with Crippen LogP contribution in [0.2, 0.25) is 0 Å². The molecule has 0 fully saturated rings. The van der Waals surface area contributed by atoms with E-state index in [1.165, 1.54) is 0 Å². The summed E-state index contributed by atoms with van der Waals surface area (Å²) in [5.41, 5.74) is 1.96. The normalized spacial score (nSPS) is 15.4. The van der Waals surface area contributed by atoms with Gasteiger partial charge in [0.2, 0.25) is 0 Å². The molecule has 0 unspecified atom stereocenters. The molecule has 0 radical (unpaired) electrons. The molecular weight excluding hydrogens is 316 g/mol. The van der Waals surface area contributed by atoms with Crippen molar-refractivity contribution in [2.75, 3.05) is 6.61 Å². The number of hydrogen-bond donors (Lipinski definition) is 0. The second-order valence-corrected chi connectivity index (χ2v) is 6.66. The Morgan fingerprint density at radius 3 is 2.50 bits per heavy atom. The Bertz CT molecular complexity index is 598. The Labute approximate surface area is 115 Å². The number of benzene rings is 1. The Morgan fingerprint density at radius 2 is 1.94 bits per heavy atom. The minimum absolute atomic E-state index is 0.0990. The van der Waals surface area contributed by atoms with E-state index in [1.54, 1.807) is 24.3 Å². The summed E-state index contributed by atoms with van der Waals surface area (Å²) in [6.07, 6.45) is 4.58. The zero-order valence-electron chi connectivity index (χ0n) is 9.89. The highest BCUT2D eigenvalue weighted by molar-refractivity contribution is 9.11. The monoisotopic (exact) mass is 328 g/mol. The molecule has 18 heavy (non-hydrogen) atoms. The molecule has 2 rings (SSSR count). The van der Waals surface area contributed by atoms with E-state index in [9.17, 15) is 8.42 Å². The van der Waals surface area contributed by atoms with Gasteiger partial charge in [-0.25, -0.2) is 0 Å². The van der Waals surface area contributed by atoms with Crippen LogP contribution in [-0.4, -0.2) is 15.0 Å². The average molecular weight is 329 g/mol. The Balaban J connectivity index is 2.04. The van der Waals surface area contributed by atoms with Gasteiger partial charge >= 0.3 is 0 Å². The first-order valence-electron chi connectivity index (χ1n) is 5.48. The van der Waals surface area contributed by atoms with Gasteiger partial charge in [0.1, 0.15) is 0 Å². The molecule has 0 heterocycles. The highest BCUT2D eigenvalue weighted by Gasteiger charge is 2.16. The summed E-state index contributed by atoms with van der Waals surface area (Å²) < 4.78 is 29.8. The molecule has 1 aliphatic carbocycles. The van der Waals surface area contributed by atoms with Crippen LogP contribution in [0.3, 0.4) is 0 Å². The van der Waals surface area contributed by atoms with Gasteiger partial charge in [-0.2, -0.15) is 8.42 Å². The van der Waals surface area contributed by atoms with Crippen LogP contribution in [-0.2, 0) is 14.3 Å². The van der Waals surface area contributed by atoms with Crippen LogP contribution in [0.15, 0.2) is 51.4 Å². The van der Waals surface area contributed by atoms with Crippen molar-refractivity contribution < 1.29 is 12.6 Å². The van der Waals surface area contributed by atoms with Crippen LogP contribution in [0.1, 0.15) is 12.0 Å². The van der Waals surface area contributed by atoms with Crippen molar-refractivity contribution in [1.82, 2.24) is 0 Å². The topological polar surface area (TPSA) is 43.4 Å². The number of aryl methyl sites for hydroxylation is 1. The molecule has 96 valence electrons. The molecule has 0 saturated carbocycles. The molecule has 5 heteroatoms. The van der Waals surface area contributed by atoms with Crippen LogP contribution < -0.4 is 0 Å². The molecule has 0 bridgehead atoms. The Hall–Kier alpha value is -0.910. The first-order valence-corrected chi connectivity index (χ1v) is 7.69. The van der Waals surface area contributed by atoms with Gasteiger partial charge in [0.25, 0.3) is 10.1 Å². The number of hydrogen-bond acceptors (Lipinski definition) is 3. The lowest BCUT2D eigenvalue weighted by Gasteiger charge is -2.06.